The molecule has 4 nitrogen and oxygen atoms in total. The molecule has 0 aliphatic carbocycles. The molecule has 0 spiro atoms. The third-order valence-corrected chi connectivity index (χ3v) is 3.14. The number of para-hydroxylation sites is 1. The van der Waals surface area contributed by atoms with E-state index in [9.17, 15) is 4.79 Å². The van der Waals surface area contributed by atoms with E-state index in [1.165, 1.54) is 0 Å². The molecule has 4 heteroatoms. The molecule has 0 aliphatic rings. The summed E-state index contributed by atoms with van der Waals surface area (Å²) in [6, 6.07) is 9.17. The molecule has 0 bridgehead atoms. The molecule has 0 fully saturated rings. The molecule has 0 aromatic heterocycles. The van der Waals surface area contributed by atoms with Crippen LogP contribution in [0.25, 0.3) is 0 Å². The second-order valence-electron chi connectivity index (χ2n) is 4.33. The van der Waals surface area contributed by atoms with Crippen LogP contribution >= 0.6 is 0 Å². The molecule has 0 N–H and O–H groups in total. The topological polar surface area (TPSA) is 53.3 Å². The Morgan fingerprint density at radius 3 is 2.68 bits per heavy atom. The Morgan fingerprint density at radius 2 is 2.11 bits per heavy atom. The number of amides is 1. The number of likely N-dealkylation sites (N-methyl/N-ethyl adjacent to an activating group) is 1. The van der Waals surface area contributed by atoms with E-state index in [-0.39, 0.29) is 18.6 Å². The Kier molecular flexibility index (Phi) is 5.87. The van der Waals surface area contributed by atoms with Crippen LogP contribution in [0.5, 0.6) is 5.75 Å². The van der Waals surface area contributed by atoms with Gasteiger partial charge in [-0.25, -0.2) is 0 Å². The molecule has 0 aliphatic heterocycles. The van der Waals surface area contributed by atoms with Crippen molar-refractivity contribution in [2.75, 3.05) is 13.2 Å². The van der Waals surface area contributed by atoms with Gasteiger partial charge >= 0.3 is 0 Å². The maximum Gasteiger partial charge on any atom is 0.260 e. The second kappa shape index (κ2) is 7.42. The predicted molar refractivity (Wildman–Crippen MR) is 73.8 cm³/mol. The van der Waals surface area contributed by atoms with Crippen LogP contribution in [0.3, 0.4) is 0 Å². The van der Waals surface area contributed by atoms with E-state index in [1.54, 1.807) is 29.2 Å². The Bertz CT molecular complexity index is 465. The highest BCUT2D eigenvalue weighted by molar-refractivity contribution is 5.78. The third kappa shape index (κ3) is 3.99. The first kappa shape index (κ1) is 15.0. The number of ether oxygens (including phenoxy) is 1. The van der Waals surface area contributed by atoms with Crippen molar-refractivity contribution in [3.05, 3.63) is 29.8 Å². The lowest BCUT2D eigenvalue weighted by atomic mass is 10.2. The molecule has 1 rings (SSSR count). The lowest BCUT2D eigenvalue weighted by Crippen LogP contribution is -2.40. The van der Waals surface area contributed by atoms with Crippen LogP contribution in [0.15, 0.2) is 24.3 Å². The van der Waals surface area contributed by atoms with Gasteiger partial charge in [-0.3, -0.25) is 4.79 Å². The lowest BCUT2D eigenvalue weighted by Gasteiger charge is -2.27. The number of carbonyl (C=O) groups excluding carboxylic acids is 1. The molecule has 1 aromatic carbocycles. The van der Waals surface area contributed by atoms with E-state index in [4.69, 9.17) is 10.00 Å². The van der Waals surface area contributed by atoms with Crippen molar-refractivity contribution < 1.29 is 9.53 Å². The third-order valence-electron chi connectivity index (χ3n) is 3.14. The van der Waals surface area contributed by atoms with Gasteiger partial charge in [0.25, 0.3) is 5.91 Å². The highest BCUT2D eigenvalue weighted by atomic mass is 16.5. The average molecular weight is 260 g/mol. The van der Waals surface area contributed by atoms with Gasteiger partial charge in [-0.2, -0.15) is 5.26 Å². The molecular weight excluding hydrogens is 240 g/mol. The van der Waals surface area contributed by atoms with E-state index >= 15 is 0 Å². The largest absolute Gasteiger partial charge is 0.482 e. The maximum absolute atomic E-state index is 12.1. The summed E-state index contributed by atoms with van der Waals surface area (Å²) in [5.41, 5.74) is 0.446. The first-order chi connectivity index (χ1) is 9.13. The Balaban J connectivity index is 2.66. The van der Waals surface area contributed by atoms with Crippen LogP contribution in [-0.4, -0.2) is 30.0 Å². The van der Waals surface area contributed by atoms with Crippen molar-refractivity contribution in [3.63, 3.8) is 0 Å². The summed E-state index contributed by atoms with van der Waals surface area (Å²) in [6.07, 6.45) is 0.911. The number of hydrogen-bond donors (Lipinski definition) is 0. The number of hydrogen-bond acceptors (Lipinski definition) is 3. The zero-order chi connectivity index (χ0) is 14.3. The minimum Gasteiger partial charge on any atom is -0.482 e. The minimum atomic E-state index is -0.0513. The number of nitrogens with zero attached hydrogens (tertiary/aromatic N) is 2. The van der Waals surface area contributed by atoms with Crippen molar-refractivity contribution in [2.24, 2.45) is 0 Å². The van der Waals surface area contributed by atoms with E-state index in [0.29, 0.717) is 17.9 Å². The average Bonchev–Trinajstić information content (AvgIpc) is 2.45. The monoisotopic (exact) mass is 260 g/mol. The van der Waals surface area contributed by atoms with Gasteiger partial charge in [-0.05, 0) is 32.4 Å². The SMILES string of the molecule is CCC(C)N(CC)C(=O)COc1ccccc1C#N. The van der Waals surface area contributed by atoms with Crippen LogP contribution in [-0.2, 0) is 4.79 Å². The molecule has 0 radical (unpaired) electrons. The van der Waals surface area contributed by atoms with Gasteiger partial charge in [-0.15, -0.1) is 0 Å². The second-order valence-corrected chi connectivity index (χ2v) is 4.33. The fourth-order valence-corrected chi connectivity index (χ4v) is 1.86. The smallest absolute Gasteiger partial charge is 0.260 e. The summed E-state index contributed by atoms with van der Waals surface area (Å²) in [7, 11) is 0. The fraction of sp³-hybridized carbons (Fsp3) is 0.467. The number of nitriles is 1. The quantitative estimate of drug-likeness (QED) is 0.790. The van der Waals surface area contributed by atoms with Crippen LogP contribution in [0.4, 0.5) is 0 Å². The summed E-state index contributed by atoms with van der Waals surface area (Å²) in [4.78, 5) is 13.9. The van der Waals surface area contributed by atoms with Gasteiger partial charge in [0.1, 0.15) is 11.8 Å². The van der Waals surface area contributed by atoms with Crippen molar-refractivity contribution >= 4 is 5.91 Å². The summed E-state index contributed by atoms with van der Waals surface area (Å²) < 4.78 is 5.45. The minimum absolute atomic E-state index is 0.0309. The highest BCUT2D eigenvalue weighted by Crippen LogP contribution is 2.16. The Hall–Kier alpha value is -2.02. The Labute approximate surface area is 114 Å². The standard InChI is InChI=1S/C15H20N2O2/c1-4-12(3)17(5-2)15(18)11-19-14-9-7-6-8-13(14)10-16/h6-9,12H,4-5,11H2,1-3H3. The summed E-state index contributed by atoms with van der Waals surface area (Å²) in [5.74, 6) is 0.406. The van der Waals surface area contributed by atoms with Gasteiger partial charge in [0.2, 0.25) is 0 Å². The van der Waals surface area contributed by atoms with Gasteiger partial charge in [-0.1, -0.05) is 19.1 Å². The van der Waals surface area contributed by atoms with Crippen molar-refractivity contribution in [1.29, 1.82) is 5.26 Å². The number of rotatable bonds is 6. The van der Waals surface area contributed by atoms with Crippen molar-refractivity contribution in [3.8, 4) is 11.8 Å². The number of benzene rings is 1. The molecule has 1 unspecified atom stereocenters. The number of carbonyl (C=O) groups is 1. The molecule has 0 saturated carbocycles. The van der Waals surface area contributed by atoms with E-state index in [2.05, 4.69) is 0 Å². The summed E-state index contributed by atoms with van der Waals surface area (Å²) in [6.45, 7) is 6.65. The van der Waals surface area contributed by atoms with Crippen molar-refractivity contribution in [1.82, 2.24) is 4.90 Å². The molecular formula is C15H20N2O2. The van der Waals surface area contributed by atoms with E-state index in [1.807, 2.05) is 26.8 Å². The van der Waals surface area contributed by atoms with E-state index < -0.39 is 0 Å². The lowest BCUT2D eigenvalue weighted by molar-refractivity contribution is -0.135. The van der Waals surface area contributed by atoms with Crippen LogP contribution in [0.2, 0.25) is 0 Å². The Morgan fingerprint density at radius 1 is 1.42 bits per heavy atom. The first-order valence-corrected chi connectivity index (χ1v) is 6.55. The van der Waals surface area contributed by atoms with E-state index in [0.717, 1.165) is 6.42 Å². The fourth-order valence-electron chi connectivity index (χ4n) is 1.86. The molecule has 0 heterocycles. The first-order valence-electron chi connectivity index (χ1n) is 6.55. The predicted octanol–water partition coefficient (Wildman–Crippen LogP) is 2.58. The maximum atomic E-state index is 12.1. The van der Waals surface area contributed by atoms with Crippen LogP contribution in [0, 0.1) is 11.3 Å². The van der Waals surface area contributed by atoms with Gasteiger partial charge < -0.3 is 9.64 Å². The molecule has 1 amide bonds. The van der Waals surface area contributed by atoms with Crippen LogP contribution < -0.4 is 4.74 Å². The molecule has 1 aromatic rings. The molecule has 0 saturated heterocycles. The van der Waals surface area contributed by atoms with Gasteiger partial charge in [0.05, 0.1) is 5.56 Å². The van der Waals surface area contributed by atoms with Crippen molar-refractivity contribution in [2.45, 2.75) is 33.2 Å². The van der Waals surface area contributed by atoms with Gasteiger partial charge in [0, 0.05) is 12.6 Å². The van der Waals surface area contributed by atoms with Crippen LogP contribution in [0.1, 0.15) is 32.8 Å². The zero-order valence-corrected chi connectivity index (χ0v) is 11.7. The highest BCUT2D eigenvalue weighted by Gasteiger charge is 2.17. The normalized spacial score (nSPS) is 11.5. The summed E-state index contributed by atoms with van der Waals surface area (Å²) >= 11 is 0. The molecule has 19 heavy (non-hydrogen) atoms. The zero-order valence-electron chi connectivity index (χ0n) is 11.7. The molecule has 102 valence electrons. The summed E-state index contributed by atoms with van der Waals surface area (Å²) in [5, 5.41) is 8.94. The van der Waals surface area contributed by atoms with Gasteiger partial charge in [0.15, 0.2) is 6.61 Å². The molecule has 1 atom stereocenters.